The summed E-state index contributed by atoms with van der Waals surface area (Å²) in [7, 11) is 2.00. The van der Waals surface area contributed by atoms with Gasteiger partial charge in [0, 0.05) is 23.2 Å². The van der Waals surface area contributed by atoms with E-state index in [0.29, 0.717) is 28.9 Å². The van der Waals surface area contributed by atoms with Gasteiger partial charge in [0.2, 0.25) is 11.6 Å². The number of aromatic hydroxyl groups is 1. The standard InChI is InChI=1S/C20H24ClN9O3/c1-29(14-5-3-2-4-6-14)11-15-17(24-28-30(15)19-18(22)26-33-27-19)20(32)25-23-10-12-9-13(21)7-8-16(12)31/h7-10,14,31H,2-6,11H2,1H3,(H2,22,26)(H,25,32)/b23-10-. The molecule has 1 saturated carbocycles. The summed E-state index contributed by atoms with van der Waals surface area (Å²) in [6.07, 6.45) is 7.03. The lowest BCUT2D eigenvalue weighted by Gasteiger charge is -2.31. The van der Waals surface area contributed by atoms with Gasteiger partial charge in [-0.3, -0.25) is 9.69 Å². The molecule has 2 aromatic heterocycles. The van der Waals surface area contributed by atoms with Crippen LogP contribution < -0.4 is 11.2 Å². The SMILES string of the molecule is CN(Cc1c(C(=O)N/N=C\c2cc(Cl)ccc2O)nnn1-c1nonc1N)C1CCCCC1. The number of hydrogen-bond acceptors (Lipinski definition) is 10. The molecular weight excluding hydrogens is 450 g/mol. The molecule has 0 aliphatic heterocycles. The number of amides is 1. The maximum atomic E-state index is 12.9. The van der Waals surface area contributed by atoms with Gasteiger partial charge in [-0.15, -0.1) is 5.10 Å². The number of aromatic nitrogens is 5. The van der Waals surface area contributed by atoms with Crippen molar-refractivity contribution >= 4 is 29.5 Å². The summed E-state index contributed by atoms with van der Waals surface area (Å²) in [5.74, 6) is -0.419. The molecule has 0 bridgehead atoms. The van der Waals surface area contributed by atoms with E-state index in [-0.39, 0.29) is 23.1 Å². The van der Waals surface area contributed by atoms with Crippen molar-refractivity contribution in [2.45, 2.75) is 44.7 Å². The zero-order chi connectivity index (χ0) is 23.4. The average Bonchev–Trinajstić information content (AvgIpc) is 3.42. The Bertz CT molecular complexity index is 1150. The van der Waals surface area contributed by atoms with E-state index in [1.165, 1.54) is 42.3 Å². The first-order valence-corrected chi connectivity index (χ1v) is 10.9. The number of carbonyl (C=O) groups excluding carboxylic acids is 1. The van der Waals surface area contributed by atoms with Crippen molar-refractivity contribution in [3.8, 4) is 11.6 Å². The van der Waals surface area contributed by atoms with Crippen molar-refractivity contribution in [3.63, 3.8) is 0 Å². The minimum atomic E-state index is -0.582. The maximum Gasteiger partial charge on any atom is 0.293 e. The van der Waals surface area contributed by atoms with Crippen LogP contribution in [0.25, 0.3) is 5.82 Å². The number of phenolic OH excluding ortho intramolecular Hbond substituents is 1. The number of nitrogen functional groups attached to an aromatic ring is 1. The zero-order valence-electron chi connectivity index (χ0n) is 18.0. The van der Waals surface area contributed by atoms with Gasteiger partial charge in [0.25, 0.3) is 5.91 Å². The van der Waals surface area contributed by atoms with Crippen molar-refractivity contribution < 1.29 is 14.5 Å². The largest absolute Gasteiger partial charge is 0.507 e. The van der Waals surface area contributed by atoms with Crippen LogP contribution in [0, 0.1) is 0 Å². The van der Waals surface area contributed by atoms with Gasteiger partial charge in [-0.1, -0.05) is 36.1 Å². The lowest BCUT2D eigenvalue weighted by Crippen LogP contribution is -2.34. The van der Waals surface area contributed by atoms with Crippen LogP contribution in [0.15, 0.2) is 27.9 Å². The third-order valence-electron chi connectivity index (χ3n) is 5.63. The fraction of sp³-hybridized carbons (Fsp3) is 0.400. The minimum absolute atomic E-state index is 0.0212. The molecule has 174 valence electrons. The van der Waals surface area contributed by atoms with Crippen LogP contribution in [0.5, 0.6) is 5.75 Å². The molecule has 1 aliphatic rings. The molecule has 3 aromatic rings. The summed E-state index contributed by atoms with van der Waals surface area (Å²) in [6, 6.07) is 4.89. The average molecular weight is 474 g/mol. The van der Waals surface area contributed by atoms with Gasteiger partial charge >= 0.3 is 0 Å². The second kappa shape index (κ2) is 9.96. The zero-order valence-corrected chi connectivity index (χ0v) is 18.7. The lowest BCUT2D eigenvalue weighted by atomic mass is 9.94. The van der Waals surface area contributed by atoms with Crippen LogP contribution in [-0.4, -0.2) is 60.5 Å². The molecule has 1 fully saturated rings. The van der Waals surface area contributed by atoms with E-state index in [1.54, 1.807) is 6.07 Å². The van der Waals surface area contributed by atoms with Gasteiger partial charge in [0.05, 0.1) is 11.9 Å². The minimum Gasteiger partial charge on any atom is -0.507 e. The number of nitrogens with two attached hydrogens (primary N) is 1. The molecular formula is C20H24ClN9O3. The van der Waals surface area contributed by atoms with Gasteiger partial charge in [-0.05, 0) is 48.4 Å². The van der Waals surface area contributed by atoms with E-state index in [1.807, 2.05) is 7.05 Å². The molecule has 0 atom stereocenters. The highest BCUT2D eigenvalue weighted by molar-refractivity contribution is 6.30. The lowest BCUT2D eigenvalue weighted by molar-refractivity contribution is 0.0947. The Labute approximate surface area is 194 Å². The summed E-state index contributed by atoms with van der Waals surface area (Å²) in [5, 5.41) is 29.7. The first-order valence-electron chi connectivity index (χ1n) is 10.5. The first kappa shape index (κ1) is 22.7. The van der Waals surface area contributed by atoms with Gasteiger partial charge in [-0.25, -0.2) is 10.1 Å². The topological polar surface area (TPSA) is 161 Å². The molecule has 0 unspecified atom stereocenters. The van der Waals surface area contributed by atoms with Crippen molar-refractivity contribution in [1.29, 1.82) is 0 Å². The van der Waals surface area contributed by atoms with Crippen molar-refractivity contribution in [3.05, 3.63) is 40.2 Å². The Kier molecular flexibility index (Phi) is 6.84. The van der Waals surface area contributed by atoms with Crippen LogP contribution in [0.1, 0.15) is 53.8 Å². The Hall–Kier alpha value is -3.51. The molecule has 0 spiro atoms. The second-order valence-electron chi connectivity index (χ2n) is 7.88. The highest BCUT2D eigenvalue weighted by Crippen LogP contribution is 2.25. The fourth-order valence-corrected chi connectivity index (χ4v) is 4.04. The normalized spacial score (nSPS) is 14.9. The third kappa shape index (κ3) is 5.12. The second-order valence-corrected chi connectivity index (χ2v) is 8.32. The number of carbonyl (C=O) groups is 1. The number of phenols is 1. The third-order valence-corrected chi connectivity index (χ3v) is 5.87. The molecule has 33 heavy (non-hydrogen) atoms. The molecule has 13 heteroatoms. The van der Waals surface area contributed by atoms with Crippen molar-refractivity contribution in [2.75, 3.05) is 12.8 Å². The van der Waals surface area contributed by atoms with Crippen LogP contribution in [-0.2, 0) is 6.54 Å². The summed E-state index contributed by atoms with van der Waals surface area (Å²) in [5.41, 5.74) is 9.15. The monoisotopic (exact) mass is 473 g/mol. The predicted molar refractivity (Wildman–Crippen MR) is 120 cm³/mol. The Morgan fingerprint density at radius 2 is 2.18 bits per heavy atom. The fourth-order valence-electron chi connectivity index (χ4n) is 3.86. The molecule has 0 radical (unpaired) electrons. The number of hydrogen-bond donors (Lipinski definition) is 3. The molecule has 1 amide bonds. The van der Waals surface area contributed by atoms with Crippen LogP contribution in [0.2, 0.25) is 5.02 Å². The summed E-state index contributed by atoms with van der Waals surface area (Å²) < 4.78 is 6.05. The summed E-state index contributed by atoms with van der Waals surface area (Å²) >= 11 is 5.94. The Morgan fingerprint density at radius 3 is 2.91 bits per heavy atom. The van der Waals surface area contributed by atoms with E-state index in [0.717, 1.165) is 12.8 Å². The van der Waals surface area contributed by atoms with Gasteiger partial charge in [-0.2, -0.15) is 9.78 Å². The maximum absolute atomic E-state index is 12.9. The Balaban J connectivity index is 1.58. The van der Waals surface area contributed by atoms with Crippen LogP contribution in [0.3, 0.4) is 0 Å². The van der Waals surface area contributed by atoms with Gasteiger partial charge < -0.3 is 10.8 Å². The summed E-state index contributed by atoms with van der Waals surface area (Å²) in [4.78, 5) is 15.1. The number of nitrogens with zero attached hydrogens (tertiary/aromatic N) is 7. The van der Waals surface area contributed by atoms with E-state index >= 15 is 0 Å². The number of rotatable bonds is 7. The van der Waals surface area contributed by atoms with E-state index < -0.39 is 5.91 Å². The molecule has 1 aliphatic carbocycles. The van der Waals surface area contributed by atoms with E-state index in [4.69, 9.17) is 22.0 Å². The van der Waals surface area contributed by atoms with Gasteiger partial charge in [0.15, 0.2) is 5.69 Å². The van der Waals surface area contributed by atoms with Gasteiger partial charge in [0.1, 0.15) is 5.75 Å². The smallest absolute Gasteiger partial charge is 0.293 e. The van der Waals surface area contributed by atoms with Crippen molar-refractivity contribution in [1.82, 2.24) is 35.6 Å². The quantitative estimate of drug-likeness (QED) is 0.344. The van der Waals surface area contributed by atoms with Crippen molar-refractivity contribution in [2.24, 2.45) is 5.10 Å². The van der Waals surface area contributed by atoms with Crippen LogP contribution in [0.4, 0.5) is 5.82 Å². The highest BCUT2D eigenvalue weighted by atomic mass is 35.5. The highest BCUT2D eigenvalue weighted by Gasteiger charge is 2.27. The molecule has 1 aromatic carbocycles. The number of anilines is 1. The Morgan fingerprint density at radius 1 is 1.39 bits per heavy atom. The molecule has 2 heterocycles. The van der Waals surface area contributed by atoms with E-state index in [9.17, 15) is 9.90 Å². The number of halogens is 1. The van der Waals surface area contributed by atoms with Crippen LogP contribution >= 0.6 is 11.6 Å². The predicted octanol–water partition coefficient (Wildman–Crippen LogP) is 2.12. The molecule has 12 nitrogen and oxygen atoms in total. The molecule has 4 rings (SSSR count). The molecule has 4 N–H and O–H groups in total. The first-order chi connectivity index (χ1) is 15.9. The number of hydrazone groups is 1. The number of benzene rings is 1. The molecule has 0 saturated heterocycles. The van der Waals surface area contributed by atoms with E-state index in [2.05, 4.69) is 36.1 Å². The number of nitrogens with one attached hydrogen (secondary N) is 1. The summed E-state index contributed by atoms with van der Waals surface area (Å²) in [6.45, 7) is 0.380.